The van der Waals surface area contributed by atoms with Crippen molar-refractivity contribution in [1.29, 1.82) is 0 Å². The second kappa shape index (κ2) is 6.71. The summed E-state index contributed by atoms with van der Waals surface area (Å²) in [5.74, 6) is -1.09. The molecule has 1 aliphatic heterocycles. The van der Waals surface area contributed by atoms with Gasteiger partial charge in [-0.05, 0) is 32.4 Å². The van der Waals surface area contributed by atoms with E-state index in [4.69, 9.17) is 11.6 Å². The molecule has 6 heteroatoms. The molecule has 3 nitrogen and oxygen atoms in total. The lowest BCUT2D eigenvalue weighted by Gasteiger charge is -2.29. The Morgan fingerprint density at radius 3 is 2.62 bits per heavy atom. The average molecular weight is 317 g/mol. The highest BCUT2D eigenvalue weighted by Gasteiger charge is 2.25. The van der Waals surface area contributed by atoms with Crippen LogP contribution in [0.2, 0.25) is 5.02 Å². The van der Waals surface area contributed by atoms with E-state index in [1.807, 2.05) is 18.7 Å². The predicted octanol–water partition coefficient (Wildman–Crippen LogP) is 3.11. The van der Waals surface area contributed by atoms with E-state index in [1.165, 1.54) is 0 Å². The summed E-state index contributed by atoms with van der Waals surface area (Å²) in [5, 5.41) is 2.71. The molecule has 0 spiro atoms. The fourth-order valence-electron chi connectivity index (χ4n) is 2.47. The molecule has 1 atom stereocenters. The average Bonchev–Trinajstić information content (AvgIpc) is 2.83. The molecule has 21 heavy (non-hydrogen) atoms. The summed E-state index contributed by atoms with van der Waals surface area (Å²) >= 11 is 5.88. The molecule has 0 saturated carbocycles. The first kappa shape index (κ1) is 16.2. The van der Waals surface area contributed by atoms with Crippen LogP contribution in [0.25, 0.3) is 0 Å². The van der Waals surface area contributed by atoms with Gasteiger partial charge < -0.3 is 5.32 Å². The van der Waals surface area contributed by atoms with Crippen molar-refractivity contribution in [3.05, 3.63) is 34.4 Å². The highest BCUT2D eigenvalue weighted by atomic mass is 35.5. The SMILES string of the molecule is CC(C)N(Cc1c(F)ccc(F)c1Cl)C[C@H]1CCC(=O)N1. The van der Waals surface area contributed by atoms with E-state index in [1.54, 1.807) is 0 Å². The molecule has 0 bridgehead atoms. The van der Waals surface area contributed by atoms with Gasteiger partial charge in [0.05, 0.1) is 5.02 Å². The summed E-state index contributed by atoms with van der Waals surface area (Å²) in [7, 11) is 0. The van der Waals surface area contributed by atoms with Crippen molar-refractivity contribution in [1.82, 2.24) is 10.2 Å². The quantitative estimate of drug-likeness (QED) is 0.847. The topological polar surface area (TPSA) is 32.3 Å². The van der Waals surface area contributed by atoms with Crippen molar-refractivity contribution in [2.24, 2.45) is 0 Å². The molecular weight excluding hydrogens is 298 g/mol. The molecule has 0 unspecified atom stereocenters. The highest BCUT2D eigenvalue weighted by Crippen LogP contribution is 2.25. The van der Waals surface area contributed by atoms with Crippen molar-refractivity contribution in [3.8, 4) is 0 Å². The van der Waals surface area contributed by atoms with Gasteiger partial charge in [-0.2, -0.15) is 0 Å². The standard InChI is InChI=1S/C15H19ClF2N2O/c1-9(2)20(7-10-3-6-14(21)19-10)8-11-12(17)4-5-13(18)15(11)16/h4-5,9-10H,3,6-8H2,1-2H3,(H,19,21)/t10-/m1/s1. The smallest absolute Gasteiger partial charge is 0.220 e. The molecule has 1 amide bonds. The van der Waals surface area contributed by atoms with Crippen LogP contribution in [0.15, 0.2) is 12.1 Å². The van der Waals surface area contributed by atoms with Crippen molar-refractivity contribution in [2.75, 3.05) is 6.54 Å². The van der Waals surface area contributed by atoms with E-state index in [0.29, 0.717) is 13.0 Å². The van der Waals surface area contributed by atoms with Crippen molar-refractivity contribution in [2.45, 2.75) is 45.3 Å². The van der Waals surface area contributed by atoms with Crippen molar-refractivity contribution in [3.63, 3.8) is 0 Å². The lowest BCUT2D eigenvalue weighted by atomic mass is 10.1. The van der Waals surface area contributed by atoms with Gasteiger partial charge >= 0.3 is 0 Å². The first-order valence-electron chi connectivity index (χ1n) is 7.04. The van der Waals surface area contributed by atoms with Gasteiger partial charge in [-0.15, -0.1) is 0 Å². The zero-order valence-electron chi connectivity index (χ0n) is 12.1. The molecule has 1 saturated heterocycles. The number of hydrogen-bond acceptors (Lipinski definition) is 2. The molecule has 116 valence electrons. The summed E-state index contributed by atoms with van der Waals surface area (Å²) in [6.07, 6.45) is 1.28. The molecule has 2 rings (SSSR count). The summed E-state index contributed by atoms with van der Waals surface area (Å²) in [5.41, 5.74) is 0.162. The Bertz CT molecular complexity index is 537. The Hall–Kier alpha value is -1.20. The van der Waals surface area contributed by atoms with E-state index >= 15 is 0 Å². The molecule has 0 aliphatic carbocycles. The molecule has 1 heterocycles. The minimum atomic E-state index is -0.619. The van der Waals surface area contributed by atoms with Crippen LogP contribution in [0.5, 0.6) is 0 Å². The fourth-order valence-corrected chi connectivity index (χ4v) is 2.69. The van der Waals surface area contributed by atoms with Crippen LogP contribution in [0.4, 0.5) is 8.78 Å². The number of benzene rings is 1. The molecule has 0 radical (unpaired) electrons. The Labute approximate surface area is 128 Å². The predicted molar refractivity (Wildman–Crippen MR) is 78.1 cm³/mol. The lowest BCUT2D eigenvalue weighted by Crippen LogP contribution is -2.41. The van der Waals surface area contributed by atoms with Gasteiger partial charge in [0.25, 0.3) is 0 Å². The summed E-state index contributed by atoms with van der Waals surface area (Å²) < 4.78 is 27.4. The van der Waals surface area contributed by atoms with E-state index in [-0.39, 0.29) is 35.1 Å². The van der Waals surface area contributed by atoms with Gasteiger partial charge in [0.15, 0.2) is 0 Å². The minimum Gasteiger partial charge on any atom is -0.352 e. The second-order valence-corrected chi connectivity index (χ2v) is 6.03. The van der Waals surface area contributed by atoms with Crippen LogP contribution < -0.4 is 5.32 Å². The number of nitrogens with zero attached hydrogens (tertiary/aromatic N) is 1. The van der Waals surface area contributed by atoms with E-state index in [0.717, 1.165) is 18.6 Å². The number of carbonyl (C=O) groups is 1. The maximum atomic E-state index is 13.9. The summed E-state index contributed by atoms with van der Waals surface area (Å²) in [6, 6.07) is 2.29. The third kappa shape index (κ3) is 3.92. The normalized spacial score (nSPS) is 18.6. The zero-order valence-corrected chi connectivity index (χ0v) is 12.9. The van der Waals surface area contributed by atoms with Gasteiger partial charge in [0.1, 0.15) is 11.6 Å². The van der Waals surface area contributed by atoms with Gasteiger partial charge in [-0.1, -0.05) is 11.6 Å². The summed E-state index contributed by atoms with van der Waals surface area (Å²) in [4.78, 5) is 13.2. The molecule has 1 aromatic carbocycles. The van der Waals surface area contributed by atoms with Crippen LogP contribution >= 0.6 is 11.6 Å². The summed E-state index contributed by atoms with van der Waals surface area (Å²) in [6.45, 7) is 4.76. The minimum absolute atomic E-state index is 0.0404. The molecule has 1 aromatic rings. The number of rotatable bonds is 5. The number of hydrogen-bond donors (Lipinski definition) is 1. The largest absolute Gasteiger partial charge is 0.352 e. The van der Waals surface area contributed by atoms with Crippen LogP contribution in [-0.2, 0) is 11.3 Å². The Morgan fingerprint density at radius 1 is 1.38 bits per heavy atom. The van der Waals surface area contributed by atoms with Crippen LogP contribution in [-0.4, -0.2) is 29.4 Å². The van der Waals surface area contributed by atoms with Gasteiger partial charge in [0.2, 0.25) is 5.91 Å². The number of halogens is 3. The van der Waals surface area contributed by atoms with Crippen LogP contribution in [0.3, 0.4) is 0 Å². The lowest BCUT2D eigenvalue weighted by molar-refractivity contribution is -0.119. The zero-order chi connectivity index (χ0) is 15.6. The first-order chi connectivity index (χ1) is 9.88. The highest BCUT2D eigenvalue weighted by molar-refractivity contribution is 6.31. The van der Waals surface area contributed by atoms with Gasteiger partial charge in [-0.3, -0.25) is 9.69 Å². The third-order valence-corrected chi connectivity index (χ3v) is 4.18. The molecule has 1 fully saturated rings. The Kier molecular flexibility index (Phi) is 5.17. The molecule has 1 aliphatic rings. The van der Waals surface area contributed by atoms with Crippen molar-refractivity contribution < 1.29 is 13.6 Å². The Morgan fingerprint density at radius 2 is 2.05 bits per heavy atom. The van der Waals surface area contributed by atoms with E-state index < -0.39 is 11.6 Å². The van der Waals surface area contributed by atoms with Crippen LogP contribution in [0.1, 0.15) is 32.3 Å². The van der Waals surface area contributed by atoms with E-state index in [2.05, 4.69) is 5.32 Å². The molecular formula is C15H19ClF2N2O. The first-order valence-corrected chi connectivity index (χ1v) is 7.42. The number of carbonyl (C=O) groups excluding carboxylic acids is 1. The molecule has 1 N–H and O–H groups in total. The Balaban J connectivity index is 2.13. The fraction of sp³-hybridized carbons (Fsp3) is 0.533. The van der Waals surface area contributed by atoms with Gasteiger partial charge in [0, 0.05) is 37.2 Å². The van der Waals surface area contributed by atoms with E-state index in [9.17, 15) is 13.6 Å². The van der Waals surface area contributed by atoms with Crippen molar-refractivity contribution >= 4 is 17.5 Å². The number of nitrogens with one attached hydrogen (secondary N) is 1. The molecule has 0 aromatic heterocycles. The number of amides is 1. The maximum Gasteiger partial charge on any atom is 0.220 e. The second-order valence-electron chi connectivity index (χ2n) is 5.65. The maximum absolute atomic E-state index is 13.9. The van der Waals surface area contributed by atoms with Crippen LogP contribution in [0, 0.1) is 11.6 Å². The third-order valence-electron chi connectivity index (χ3n) is 3.77. The monoisotopic (exact) mass is 316 g/mol. The van der Waals surface area contributed by atoms with Gasteiger partial charge in [-0.25, -0.2) is 8.78 Å².